The summed E-state index contributed by atoms with van der Waals surface area (Å²) >= 11 is 4.25. The minimum Gasteiger partial charge on any atom is -0.448 e. The first kappa shape index (κ1) is 45.9. The molecule has 0 saturated carbocycles. The van der Waals surface area contributed by atoms with Crippen LogP contribution in [0, 0.1) is 0 Å². The molecule has 342 valence electrons. The van der Waals surface area contributed by atoms with Crippen LogP contribution in [0.3, 0.4) is 0 Å². The van der Waals surface area contributed by atoms with Crippen LogP contribution in [0.5, 0.6) is 0 Å². The van der Waals surface area contributed by atoms with Crippen LogP contribution in [-0.2, 0) is 39.0 Å². The number of carbonyl (C=O) groups excluding carboxylic acids is 3. The van der Waals surface area contributed by atoms with Gasteiger partial charge in [-0.3, -0.25) is 14.5 Å². The normalized spacial score (nSPS) is 19.3. The van der Waals surface area contributed by atoms with Gasteiger partial charge in [0, 0.05) is 21.8 Å². The van der Waals surface area contributed by atoms with Crippen molar-refractivity contribution in [2.24, 2.45) is 5.16 Å². The number of anilines is 1. The van der Waals surface area contributed by atoms with Gasteiger partial charge in [-0.2, -0.15) is 0 Å². The van der Waals surface area contributed by atoms with Crippen molar-refractivity contribution in [1.29, 1.82) is 0 Å². The Morgan fingerprint density at radius 2 is 1.42 bits per heavy atom. The lowest BCUT2D eigenvalue weighted by Crippen LogP contribution is -2.71. The van der Waals surface area contributed by atoms with E-state index < -0.39 is 46.6 Å². The maximum absolute atomic E-state index is 14.7. The fourth-order valence-corrected chi connectivity index (χ4v) is 12.0. The van der Waals surface area contributed by atoms with Crippen LogP contribution < -0.4 is 10.6 Å². The van der Waals surface area contributed by atoms with E-state index in [-0.39, 0.29) is 23.2 Å². The molecule has 1 aromatic heterocycles. The van der Waals surface area contributed by atoms with Gasteiger partial charge in [0.1, 0.15) is 35.5 Å². The number of amides is 2. The highest BCUT2D eigenvalue weighted by molar-refractivity contribution is 8.06. The number of benzene rings is 5. The molecule has 0 radical (unpaired) electrons. The fraction of sp³-hybridized carbons (Fsp3) is 0.250. The number of aromatic nitrogens is 1. The molecule has 4 heterocycles. The molecule has 15 heteroatoms. The van der Waals surface area contributed by atoms with Gasteiger partial charge in [-0.1, -0.05) is 157 Å². The van der Waals surface area contributed by atoms with Crippen molar-refractivity contribution in [1.82, 2.24) is 15.2 Å². The van der Waals surface area contributed by atoms with E-state index in [0.29, 0.717) is 34.6 Å². The molecule has 6 aromatic rings. The van der Waals surface area contributed by atoms with Crippen LogP contribution in [0.4, 0.5) is 5.13 Å². The Morgan fingerprint density at radius 3 is 1.96 bits per heavy atom. The molecular weight excluding hydrogens is 903 g/mol. The largest absolute Gasteiger partial charge is 0.448 e. The second-order valence-corrected chi connectivity index (χ2v) is 19.5. The quantitative estimate of drug-likeness (QED) is 0.0316. The highest BCUT2D eigenvalue weighted by Gasteiger charge is 2.55. The molecule has 0 spiro atoms. The topological polar surface area (TPSA) is 141 Å². The van der Waals surface area contributed by atoms with Crippen molar-refractivity contribution >= 4 is 63.5 Å². The number of nitrogens with one attached hydrogen (secondary N) is 2. The van der Waals surface area contributed by atoms with Crippen molar-refractivity contribution in [2.75, 3.05) is 30.5 Å². The molecule has 2 saturated heterocycles. The Hall–Kier alpha value is -6.23. The lowest BCUT2D eigenvalue weighted by molar-refractivity contribution is -0.267. The van der Waals surface area contributed by atoms with Crippen molar-refractivity contribution in [3.63, 3.8) is 0 Å². The van der Waals surface area contributed by atoms with E-state index >= 15 is 0 Å². The Labute approximate surface area is 402 Å². The Balaban J connectivity index is 0.977. The van der Waals surface area contributed by atoms with E-state index in [1.807, 2.05) is 129 Å². The summed E-state index contributed by atoms with van der Waals surface area (Å²) in [4.78, 5) is 55.6. The molecule has 3 aliphatic heterocycles. The summed E-state index contributed by atoms with van der Waals surface area (Å²) in [5, 5.41) is 12.4. The number of nitrogens with zero attached hydrogens (tertiary/aromatic N) is 3. The van der Waals surface area contributed by atoms with Gasteiger partial charge in [-0.15, -0.1) is 34.9 Å². The highest BCUT2D eigenvalue weighted by atomic mass is 32.2. The number of oxime groups is 1. The van der Waals surface area contributed by atoms with E-state index in [1.54, 1.807) is 5.38 Å². The summed E-state index contributed by atoms with van der Waals surface area (Å²) in [6.45, 7) is 4.32. The van der Waals surface area contributed by atoms with Crippen LogP contribution >= 0.6 is 34.9 Å². The van der Waals surface area contributed by atoms with Crippen LogP contribution in [0.15, 0.2) is 173 Å². The van der Waals surface area contributed by atoms with E-state index in [0.717, 1.165) is 27.8 Å². The first-order valence-corrected chi connectivity index (χ1v) is 24.8. The van der Waals surface area contributed by atoms with Gasteiger partial charge in [0.05, 0.1) is 12.7 Å². The highest BCUT2D eigenvalue weighted by Crippen LogP contribution is 2.46. The third-order valence-corrected chi connectivity index (χ3v) is 15.1. The van der Waals surface area contributed by atoms with E-state index in [1.165, 1.54) is 46.9 Å². The van der Waals surface area contributed by atoms with Gasteiger partial charge < -0.3 is 29.7 Å². The molecule has 0 bridgehead atoms. The summed E-state index contributed by atoms with van der Waals surface area (Å²) < 4.78 is 18.4. The molecular formula is C52H49N5O7S3. The first-order valence-electron chi connectivity index (χ1n) is 21.9. The molecule has 67 heavy (non-hydrogen) atoms. The second-order valence-electron chi connectivity index (χ2n) is 16.5. The Morgan fingerprint density at radius 1 is 0.866 bits per heavy atom. The van der Waals surface area contributed by atoms with Crippen LogP contribution in [0.2, 0.25) is 0 Å². The van der Waals surface area contributed by atoms with Gasteiger partial charge >= 0.3 is 5.97 Å². The molecule has 3 atom stereocenters. The summed E-state index contributed by atoms with van der Waals surface area (Å²) in [5.74, 6) is -1.54. The summed E-state index contributed by atoms with van der Waals surface area (Å²) in [6, 6.07) is 48.4. The van der Waals surface area contributed by atoms with Gasteiger partial charge in [0.25, 0.3) is 11.8 Å². The number of thioether (sulfide) groups is 2. The number of hydrogen-bond donors (Lipinski definition) is 2. The minimum absolute atomic E-state index is 0.108. The van der Waals surface area contributed by atoms with Gasteiger partial charge in [-0.25, -0.2) is 9.78 Å². The molecule has 5 aromatic carbocycles. The zero-order valence-electron chi connectivity index (χ0n) is 37.1. The molecule has 3 aliphatic rings. The molecule has 9 rings (SSSR count). The van der Waals surface area contributed by atoms with Gasteiger partial charge in [0.2, 0.25) is 0 Å². The van der Waals surface area contributed by atoms with Crippen LogP contribution in [-0.4, -0.2) is 81.9 Å². The molecule has 12 nitrogen and oxygen atoms in total. The monoisotopic (exact) mass is 951 g/mol. The van der Waals surface area contributed by atoms with E-state index in [4.69, 9.17) is 24.0 Å². The molecule has 2 fully saturated rings. The van der Waals surface area contributed by atoms with Crippen molar-refractivity contribution in [2.45, 2.75) is 55.2 Å². The van der Waals surface area contributed by atoms with Gasteiger partial charge in [-0.05, 0) is 48.1 Å². The summed E-state index contributed by atoms with van der Waals surface area (Å²) in [7, 11) is 1.35. The number of hydrogen-bond acceptors (Lipinski definition) is 13. The average Bonchev–Trinajstić information content (AvgIpc) is 3.83. The average molecular weight is 952 g/mol. The zero-order valence-corrected chi connectivity index (χ0v) is 39.5. The number of esters is 1. The predicted octanol–water partition coefficient (Wildman–Crippen LogP) is 9.12. The van der Waals surface area contributed by atoms with Gasteiger partial charge in [0.15, 0.2) is 22.7 Å². The van der Waals surface area contributed by atoms with Crippen molar-refractivity contribution < 1.29 is 33.4 Å². The SMILES string of the molecule is CO/N=C(\C(=O)NC1C(=O)N2C(C(=O)OC(c3ccccc3)c3ccccc3)=C(SCC3CCOC(C)(C)O3)CSC12)c1csc(NC(c2ccccc2)(c2ccccc2)c2ccccc2)n1. The summed E-state index contributed by atoms with van der Waals surface area (Å²) in [6.07, 6.45) is -0.180. The number of ether oxygens (including phenoxy) is 3. The van der Waals surface area contributed by atoms with Crippen molar-refractivity contribution in [3.05, 3.63) is 201 Å². The van der Waals surface area contributed by atoms with Crippen LogP contribution in [0.1, 0.15) is 59.9 Å². The zero-order chi connectivity index (χ0) is 46.4. The number of carbonyl (C=O) groups is 3. The minimum atomic E-state index is -0.981. The molecule has 0 aliphatic carbocycles. The first-order chi connectivity index (χ1) is 32.6. The van der Waals surface area contributed by atoms with E-state index in [2.05, 4.69) is 52.2 Å². The maximum atomic E-state index is 14.7. The molecule has 2 N–H and O–H groups in total. The maximum Gasteiger partial charge on any atom is 0.356 e. The number of β-lactam (4-membered cyclic amide) rings is 1. The third kappa shape index (κ3) is 9.79. The molecule has 3 unspecified atom stereocenters. The summed E-state index contributed by atoms with van der Waals surface area (Å²) in [5.41, 5.74) is 3.97. The number of thiazole rings is 1. The second kappa shape index (κ2) is 20.3. The smallest absolute Gasteiger partial charge is 0.356 e. The lowest BCUT2D eigenvalue weighted by Gasteiger charge is -2.49. The standard InChI is InChI=1S/C52H49N5O7S3/c1-51(2)62-30-29-39(64-51)31-65-41-33-66-48-43(47(59)57(48)44(41)49(60)63-45(34-19-9-4-10-20-34)35-21-11-5-12-22-35)54-46(58)42(56-61-3)40-32-67-50(53-40)55-52(36-23-13-6-14-24-36,37-25-15-7-16-26-37)38-27-17-8-18-28-38/h4-28,32,39,43,45,48H,29-31,33H2,1-3H3,(H,53,55)(H,54,58)/b56-42-. The number of rotatable bonds is 16. The fourth-order valence-electron chi connectivity index (χ4n) is 8.57. The number of fused-ring (bicyclic) bond motifs is 1. The molecule has 2 amide bonds. The van der Waals surface area contributed by atoms with E-state index in [9.17, 15) is 14.4 Å². The van der Waals surface area contributed by atoms with Crippen LogP contribution in [0.25, 0.3) is 0 Å². The lowest BCUT2D eigenvalue weighted by atomic mass is 9.77. The van der Waals surface area contributed by atoms with Crippen molar-refractivity contribution in [3.8, 4) is 0 Å². The predicted molar refractivity (Wildman–Crippen MR) is 263 cm³/mol. The third-order valence-electron chi connectivity index (χ3n) is 11.7. The Bertz CT molecular complexity index is 2610. The Kier molecular flexibility index (Phi) is 13.9.